The minimum Gasteiger partial charge on any atom is -0.224 e. The fourth-order valence-corrected chi connectivity index (χ4v) is 4.54. The molecule has 0 aliphatic carbocycles. The van der Waals surface area contributed by atoms with Crippen molar-refractivity contribution in [2.24, 2.45) is 0 Å². The molecule has 0 spiro atoms. The minimum absolute atomic E-state index is 0.376. The van der Waals surface area contributed by atoms with Crippen LogP contribution in [0.2, 0.25) is 0 Å². The van der Waals surface area contributed by atoms with Crippen LogP contribution in [0.5, 0.6) is 0 Å². The second-order valence-corrected chi connectivity index (χ2v) is 7.04. The van der Waals surface area contributed by atoms with Crippen molar-refractivity contribution in [1.29, 1.82) is 0 Å². The first kappa shape index (κ1) is 13.8. The van der Waals surface area contributed by atoms with Crippen LogP contribution < -0.4 is 15.9 Å². The summed E-state index contributed by atoms with van der Waals surface area (Å²) in [6, 6.07) is 23.9. The highest BCUT2D eigenvalue weighted by Gasteiger charge is 2.27. The fourth-order valence-electron chi connectivity index (χ4n) is 2.32. The molecule has 5 radical (unpaired) electrons. The van der Waals surface area contributed by atoms with Crippen molar-refractivity contribution in [2.45, 2.75) is 6.92 Å². The van der Waals surface area contributed by atoms with Gasteiger partial charge >= 0.3 is 0 Å². The molecule has 1 aliphatic rings. The van der Waals surface area contributed by atoms with Crippen LogP contribution in [0.4, 0.5) is 0 Å². The van der Waals surface area contributed by atoms with Crippen LogP contribution in [0.3, 0.4) is 0 Å². The van der Waals surface area contributed by atoms with Crippen LogP contribution in [0.15, 0.2) is 60.7 Å². The zero-order valence-corrected chi connectivity index (χ0v) is 12.4. The van der Waals surface area contributed by atoms with Crippen LogP contribution in [0, 0.1) is 24.9 Å². The summed E-state index contributed by atoms with van der Waals surface area (Å²) in [6.45, 7) is 2.05. The van der Waals surface area contributed by atoms with Crippen LogP contribution in [0.25, 0.3) is 0 Å². The predicted molar refractivity (Wildman–Crippen MR) is 86.8 cm³/mol. The number of hydrogen-bond acceptors (Lipinski definition) is 0. The molecule has 2 heteroatoms. The molecule has 0 bridgehead atoms. The summed E-state index contributed by atoms with van der Waals surface area (Å²) in [6.07, 6.45) is 5.26. The lowest BCUT2D eigenvalue weighted by atomic mass is 10.2. The van der Waals surface area contributed by atoms with Gasteiger partial charge < -0.3 is 0 Å². The molecule has 2 aromatic carbocycles. The Bertz CT molecular complexity index is 486. The van der Waals surface area contributed by atoms with Crippen molar-refractivity contribution in [3.8, 4) is 0 Å². The number of hydrogen-bond donors (Lipinski definition) is 0. The zero-order valence-electron chi connectivity index (χ0n) is 11.5. The minimum atomic E-state index is -0.376. The fraction of sp³-hybridized carbons (Fsp3) is 0.111. The first-order chi connectivity index (χ1) is 9.83. The SMILES string of the molecule is C[C]1[CH][CH][C](CP(c2ccccc2)c2ccccc2)[N]1. The van der Waals surface area contributed by atoms with E-state index in [1.165, 1.54) is 16.7 Å². The zero-order chi connectivity index (χ0) is 13.8. The molecular formula is C18H17NP. The third-order valence-electron chi connectivity index (χ3n) is 3.29. The van der Waals surface area contributed by atoms with Gasteiger partial charge in [0.05, 0.1) is 12.1 Å². The Hall–Kier alpha value is -1.17. The molecule has 0 saturated carbocycles. The van der Waals surface area contributed by atoms with Crippen molar-refractivity contribution < 1.29 is 0 Å². The van der Waals surface area contributed by atoms with Gasteiger partial charge in [0, 0.05) is 0 Å². The Morgan fingerprint density at radius 2 is 1.35 bits per heavy atom. The summed E-state index contributed by atoms with van der Waals surface area (Å²) in [5.41, 5.74) is 0. The van der Waals surface area contributed by atoms with E-state index < -0.39 is 0 Å². The highest BCUT2D eigenvalue weighted by atomic mass is 31.1. The van der Waals surface area contributed by atoms with E-state index in [0.717, 1.165) is 12.2 Å². The molecule has 3 rings (SSSR count). The molecule has 0 unspecified atom stereocenters. The molecule has 0 aromatic heterocycles. The average molecular weight is 278 g/mol. The van der Waals surface area contributed by atoms with Crippen LogP contribution >= 0.6 is 7.92 Å². The maximum atomic E-state index is 4.62. The van der Waals surface area contributed by atoms with Gasteiger partial charge in [-0.25, -0.2) is 5.32 Å². The van der Waals surface area contributed by atoms with Gasteiger partial charge in [0.1, 0.15) is 0 Å². The largest absolute Gasteiger partial charge is 0.224 e. The first-order valence-corrected chi connectivity index (χ1v) is 8.32. The van der Waals surface area contributed by atoms with Gasteiger partial charge in [-0.05, 0) is 44.5 Å². The normalized spacial score (nSPS) is 16.9. The smallest absolute Gasteiger partial charge is 0.0647 e. The maximum Gasteiger partial charge on any atom is 0.0647 e. The van der Waals surface area contributed by atoms with Gasteiger partial charge in [-0.3, -0.25) is 0 Å². The van der Waals surface area contributed by atoms with Gasteiger partial charge in [0.15, 0.2) is 0 Å². The van der Waals surface area contributed by atoms with Crippen molar-refractivity contribution >= 4 is 18.5 Å². The lowest BCUT2D eigenvalue weighted by Crippen LogP contribution is -2.20. The topological polar surface area (TPSA) is 14.1 Å². The Labute approximate surface area is 123 Å². The molecule has 0 amide bonds. The molecule has 99 valence electrons. The first-order valence-electron chi connectivity index (χ1n) is 6.80. The van der Waals surface area contributed by atoms with Crippen LogP contribution in [-0.4, -0.2) is 6.16 Å². The Kier molecular flexibility index (Phi) is 4.50. The summed E-state index contributed by atoms with van der Waals surface area (Å²) < 4.78 is 0. The van der Waals surface area contributed by atoms with Crippen molar-refractivity contribution in [1.82, 2.24) is 5.32 Å². The van der Waals surface area contributed by atoms with Gasteiger partial charge in [-0.15, -0.1) is 0 Å². The van der Waals surface area contributed by atoms with Crippen molar-refractivity contribution in [3.63, 3.8) is 0 Å². The Morgan fingerprint density at radius 1 is 0.800 bits per heavy atom. The van der Waals surface area contributed by atoms with Crippen molar-refractivity contribution in [3.05, 3.63) is 85.6 Å². The predicted octanol–water partition coefficient (Wildman–Crippen LogP) is 3.23. The third-order valence-corrected chi connectivity index (χ3v) is 5.78. The average Bonchev–Trinajstić information content (AvgIpc) is 2.92. The standard InChI is InChI=1S/C18H17NP/c1-15-12-13-16(19-15)14-20(17-8-4-2-5-9-17)18-10-6-3-7-11-18/h2-13H,14H2,1H3. The van der Waals surface area contributed by atoms with Crippen LogP contribution in [-0.2, 0) is 0 Å². The molecule has 20 heavy (non-hydrogen) atoms. The number of rotatable bonds is 4. The summed E-state index contributed by atoms with van der Waals surface area (Å²) in [5.74, 6) is 0. The molecule has 1 heterocycles. The van der Waals surface area contributed by atoms with E-state index in [0.29, 0.717) is 0 Å². The van der Waals surface area contributed by atoms with Gasteiger partial charge in [-0.2, -0.15) is 0 Å². The molecular weight excluding hydrogens is 261 g/mol. The molecule has 1 saturated heterocycles. The van der Waals surface area contributed by atoms with E-state index in [-0.39, 0.29) is 7.92 Å². The second kappa shape index (κ2) is 6.52. The quantitative estimate of drug-likeness (QED) is 0.762. The van der Waals surface area contributed by atoms with Crippen molar-refractivity contribution in [2.75, 3.05) is 6.16 Å². The lowest BCUT2D eigenvalue weighted by Gasteiger charge is -2.21. The highest BCUT2D eigenvalue weighted by Crippen LogP contribution is 2.39. The van der Waals surface area contributed by atoms with Gasteiger partial charge in [0.25, 0.3) is 0 Å². The summed E-state index contributed by atoms with van der Waals surface area (Å²) in [7, 11) is -0.376. The summed E-state index contributed by atoms with van der Waals surface area (Å²) in [4.78, 5) is 0. The van der Waals surface area contributed by atoms with Gasteiger partial charge in [0.2, 0.25) is 0 Å². The highest BCUT2D eigenvalue weighted by molar-refractivity contribution is 7.73. The molecule has 1 nitrogen and oxygen atoms in total. The Morgan fingerprint density at radius 3 is 1.80 bits per heavy atom. The van der Waals surface area contributed by atoms with Crippen LogP contribution in [0.1, 0.15) is 6.92 Å². The summed E-state index contributed by atoms with van der Waals surface area (Å²) >= 11 is 0. The number of nitrogens with zero attached hydrogens (tertiary/aromatic N) is 1. The Balaban J connectivity index is 1.84. The molecule has 1 fully saturated rings. The monoisotopic (exact) mass is 278 g/mol. The molecule has 0 N–H and O–H groups in total. The molecule has 2 aromatic rings. The molecule has 1 aliphatic heterocycles. The van der Waals surface area contributed by atoms with E-state index >= 15 is 0 Å². The third kappa shape index (κ3) is 3.29. The maximum absolute atomic E-state index is 4.62. The molecule has 0 atom stereocenters. The van der Waals surface area contributed by atoms with Gasteiger partial charge in [-0.1, -0.05) is 60.7 Å². The van der Waals surface area contributed by atoms with E-state index in [4.69, 9.17) is 0 Å². The van der Waals surface area contributed by atoms with E-state index in [9.17, 15) is 0 Å². The van der Waals surface area contributed by atoms with E-state index in [1.54, 1.807) is 0 Å². The summed E-state index contributed by atoms with van der Waals surface area (Å²) in [5, 5.41) is 7.44. The second-order valence-electron chi connectivity index (χ2n) is 4.84. The van der Waals surface area contributed by atoms with E-state index in [2.05, 4.69) is 85.7 Å². The lowest BCUT2D eigenvalue weighted by molar-refractivity contribution is 0.831. The number of benzene rings is 2. The van der Waals surface area contributed by atoms with E-state index in [1.807, 2.05) is 0 Å².